The van der Waals surface area contributed by atoms with Gasteiger partial charge < -0.3 is 9.72 Å². The van der Waals surface area contributed by atoms with Gasteiger partial charge in [-0.25, -0.2) is 17.2 Å². The van der Waals surface area contributed by atoms with Crippen molar-refractivity contribution in [3.05, 3.63) is 93.6 Å². The summed E-state index contributed by atoms with van der Waals surface area (Å²) in [5.41, 5.74) is -0.0988. The van der Waals surface area contributed by atoms with Gasteiger partial charge in [0.15, 0.2) is 32.6 Å². The summed E-state index contributed by atoms with van der Waals surface area (Å²) in [4.78, 5) is 15.4. The number of pyridine rings is 1. The second-order valence-electron chi connectivity index (χ2n) is 7.34. The lowest BCUT2D eigenvalue weighted by molar-refractivity contribution is 0.275. The minimum Gasteiger partial charge on any atom is -0.483 e. The number of halogens is 2. The Kier molecular flexibility index (Phi) is 5.70. The molecule has 4 rings (SSSR count). The van der Waals surface area contributed by atoms with Gasteiger partial charge in [0.2, 0.25) is 0 Å². The SMILES string of the molecule is CS(=O)(=O)c1ccc(C#N)cc1-c1cc(=O)c2c(F)c(OCc3ccccc3)c(F)cc2[nH]1. The third-order valence-corrected chi connectivity index (χ3v) is 6.15. The molecular weight excluding hydrogens is 450 g/mol. The number of sulfone groups is 1. The molecule has 0 aliphatic heterocycles. The number of hydrogen-bond acceptors (Lipinski definition) is 5. The Hall–Kier alpha value is -4.03. The molecule has 0 atom stereocenters. The minimum atomic E-state index is -3.73. The van der Waals surface area contributed by atoms with E-state index in [4.69, 9.17) is 4.74 Å². The average Bonchev–Trinajstić information content (AvgIpc) is 2.78. The zero-order valence-electron chi connectivity index (χ0n) is 17.2. The summed E-state index contributed by atoms with van der Waals surface area (Å²) in [7, 11) is -3.73. The van der Waals surface area contributed by atoms with Crippen LogP contribution < -0.4 is 10.2 Å². The maximum atomic E-state index is 15.1. The van der Waals surface area contributed by atoms with Gasteiger partial charge in [-0.1, -0.05) is 30.3 Å². The van der Waals surface area contributed by atoms with Crippen molar-refractivity contribution in [2.75, 3.05) is 6.26 Å². The molecule has 9 heteroatoms. The standard InChI is InChI=1S/C24H16F2N2O4S/c1-33(30,31)21-8-7-15(12-27)9-16(21)18-11-20(29)22-19(28-18)10-17(25)24(23(22)26)32-13-14-5-3-2-4-6-14/h2-11H,13H2,1H3,(H,28,29). The monoisotopic (exact) mass is 466 g/mol. The Morgan fingerprint density at radius 2 is 1.79 bits per heavy atom. The molecule has 0 aliphatic carbocycles. The van der Waals surface area contributed by atoms with E-state index in [1.54, 1.807) is 30.3 Å². The van der Waals surface area contributed by atoms with Crippen LogP contribution in [0.1, 0.15) is 11.1 Å². The second kappa shape index (κ2) is 8.48. The molecule has 1 heterocycles. The minimum absolute atomic E-state index is 0.00165. The van der Waals surface area contributed by atoms with Crippen molar-refractivity contribution in [2.24, 2.45) is 0 Å². The van der Waals surface area contributed by atoms with Gasteiger partial charge in [-0.2, -0.15) is 5.26 Å². The first-order valence-electron chi connectivity index (χ1n) is 9.65. The van der Waals surface area contributed by atoms with Gasteiger partial charge >= 0.3 is 0 Å². The summed E-state index contributed by atoms with van der Waals surface area (Å²) in [6, 6.07) is 16.4. The molecule has 0 fully saturated rings. The van der Waals surface area contributed by atoms with E-state index in [1.165, 1.54) is 18.2 Å². The number of nitrogens with zero attached hydrogens (tertiary/aromatic N) is 1. The van der Waals surface area contributed by atoms with Crippen molar-refractivity contribution < 1.29 is 21.9 Å². The summed E-state index contributed by atoms with van der Waals surface area (Å²) < 4.78 is 59.5. The van der Waals surface area contributed by atoms with E-state index in [9.17, 15) is 22.9 Å². The fourth-order valence-corrected chi connectivity index (χ4v) is 4.35. The normalized spacial score (nSPS) is 11.3. The highest BCUT2D eigenvalue weighted by molar-refractivity contribution is 7.90. The Balaban J connectivity index is 1.86. The van der Waals surface area contributed by atoms with Crippen LogP contribution in [-0.4, -0.2) is 19.7 Å². The predicted octanol–water partition coefficient (Wildman–Crippen LogP) is 4.33. The first-order valence-corrected chi connectivity index (χ1v) is 11.5. The first kappa shape index (κ1) is 22.2. The van der Waals surface area contributed by atoms with Crippen molar-refractivity contribution in [1.82, 2.24) is 4.98 Å². The van der Waals surface area contributed by atoms with E-state index in [-0.39, 0.29) is 33.8 Å². The highest BCUT2D eigenvalue weighted by atomic mass is 32.2. The van der Waals surface area contributed by atoms with Crippen LogP contribution in [0.5, 0.6) is 5.75 Å². The number of nitrogens with one attached hydrogen (secondary N) is 1. The third-order valence-electron chi connectivity index (χ3n) is 4.99. The third kappa shape index (κ3) is 4.33. The molecule has 1 aromatic heterocycles. The van der Waals surface area contributed by atoms with Crippen LogP contribution in [0.3, 0.4) is 0 Å². The van der Waals surface area contributed by atoms with E-state index in [0.717, 1.165) is 18.4 Å². The molecule has 4 aromatic rings. The molecular formula is C24H16F2N2O4S. The zero-order valence-corrected chi connectivity index (χ0v) is 18.0. The Morgan fingerprint density at radius 1 is 1.06 bits per heavy atom. The molecule has 166 valence electrons. The highest BCUT2D eigenvalue weighted by Gasteiger charge is 2.21. The predicted molar refractivity (Wildman–Crippen MR) is 119 cm³/mol. The van der Waals surface area contributed by atoms with Gasteiger partial charge in [0.1, 0.15) is 6.61 Å². The second-order valence-corrected chi connectivity index (χ2v) is 9.32. The number of aromatic amines is 1. The van der Waals surface area contributed by atoms with Crippen molar-refractivity contribution in [2.45, 2.75) is 11.5 Å². The number of ether oxygens (including phenoxy) is 1. The molecule has 6 nitrogen and oxygen atoms in total. The van der Waals surface area contributed by atoms with Crippen LogP contribution in [0.15, 0.2) is 70.4 Å². The number of fused-ring (bicyclic) bond motifs is 1. The van der Waals surface area contributed by atoms with Crippen LogP contribution in [0, 0.1) is 23.0 Å². The molecule has 0 aliphatic rings. The van der Waals surface area contributed by atoms with Gasteiger partial charge in [-0.3, -0.25) is 4.79 Å². The van der Waals surface area contributed by atoms with Crippen molar-refractivity contribution in [1.29, 1.82) is 5.26 Å². The fourth-order valence-electron chi connectivity index (χ4n) is 3.47. The Bertz CT molecular complexity index is 1590. The Morgan fingerprint density at radius 3 is 2.45 bits per heavy atom. The topological polar surface area (TPSA) is 100 Å². The smallest absolute Gasteiger partial charge is 0.193 e. The maximum Gasteiger partial charge on any atom is 0.193 e. The Labute approximate surface area is 187 Å². The summed E-state index contributed by atoms with van der Waals surface area (Å²) >= 11 is 0. The van der Waals surface area contributed by atoms with E-state index in [1.807, 2.05) is 6.07 Å². The number of hydrogen-bond donors (Lipinski definition) is 1. The van der Waals surface area contributed by atoms with E-state index in [0.29, 0.717) is 5.56 Å². The van der Waals surface area contributed by atoms with Crippen LogP contribution in [0.2, 0.25) is 0 Å². The zero-order chi connectivity index (χ0) is 23.8. The summed E-state index contributed by atoms with van der Waals surface area (Å²) in [5.74, 6) is -2.88. The highest BCUT2D eigenvalue weighted by Crippen LogP contribution is 2.31. The van der Waals surface area contributed by atoms with Gasteiger partial charge in [-0.15, -0.1) is 0 Å². The number of aromatic nitrogens is 1. The summed E-state index contributed by atoms with van der Waals surface area (Å²) in [6.07, 6.45) is 0.979. The van der Waals surface area contributed by atoms with Crippen LogP contribution >= 0.6 is 0 Å². The summed E-state index contributed by atoms with van der Waals surface area (Å²) in [6.45, 7) is -0.102. The van der Waals surface area contributed by atoms with Crippen LogP contribution in [0.4, 0.5) is 8.78 Å². The van der Waals surface area contributed by atoms with Gasteiger partial charge in [0.05, 0.1) is 33.1 Å². The molecule has 33 heavy (non-hydrogen) atoms. The summed E-state index contributed by atoms with van der Waals surface area (Å²) in [5, 5.41) is 8.75. The molecule has 0 spiro atoms. The number of nitriles is 1. The number of benzene rings is 3. The molecule has 3 aromatic carbocycles. The molecule has 0 unspecified atom stereocenters. The molecule has 0 amide bonds. The lowest BCUT2D eigenvalue weighted by Gasteiger charge is -2.13. The fraction of sp³-hybridized carbons (Fsp3) is 0.0833. The van der Waals surface area contributed by atoms with Crippen LogP contribution in [-0.2, 0) is 16.4 Å². The number of H-pyrrole nitrogens is 1. The van der Waals surface area contributed by atoms with Crippen molar-refractivity contribution >= 4 is 20.7 Å². The largest absolute Gasteiger partial charge is 0.483 e. The van der Waals surface area contributed by atoms with Crippen LogP contribution in [0.25, 0.3) is 22.2 Å². The van der Waals surface area contributed by atoms with E-state index >= 15 is 4.39 Å². The van der Waals surface area contributed by atoms with Gasteiger partial charge in [-0.05, 0) is 23.8 Å². The van der Waals surface area contributed by atoms with Crippen molar-refractivity contribution in [3.63, 3.8) is 0 Å². The number of rotatable bonds is 5. The maximum absolute atomic E-state index is 15.1. The van der Waals surface area contributed by atoms with Gasteiger partial charge in [0, 0.05) is 24.0 Å². The quantitative estimate of drug-likeness (QED) is 0.472. The molecule has 0 bridgehead atoms. The van der Waals surface area contributed by atoms with E-state index in [2.05, 4.69) is 4.98 Å². The molecule has 1 N–H and O–H groups in total. The molecule has 0 radical (unpaired) electrons. The average molecular weight is 466 g/mol. The van der Waals surface area contributed by atoms with E-state index < -0.39 is 38.0 Å². The van der Waals surface area contributed by atoms with Gasteiger partial charge in [0.25, 0.3) is 0 Å². The lowest BCUT2D eigenvalue weighted by atomic mass is 10.1. The molecule has 0 saturated heterocycles. The first-order chi connectivity index (χ1) is 15.7. The molecule has 0 saturated carbocycles. The lowest BCUT2D eigenvalue weighted by Crippen LogP contribution is -2.10. The van der Waals surface area contributed by atoms with Crippen molar-refractivity contribution in [3.8, 4) is 23.1 Å².